The molecule has 0 aliphatic carbocycles. The van der Waals surface area contributed by atoms with Gasteiger partial charge in [-0.3, -0.25) is 13.9 Å². The highest BCUT2D eigenvalue weighted by Gasteiger charge is 2.34. The van der Waals surface area contributed by atoms with Gasteiger partial charge in [0.05, 0.1) is 22.7 Å². The average Bonchev–Trinajstić information content (AvgIpc) is 2.97. The molecule has 226 valence electrons. The number of carbonyl (C=O) groups is 2. The first-order valence-electron chi connectivity index (χ1n) is 13.5. The molecule has 1 N–H and O–H groups in total. The van der Waals surface area contributed by atoms with Crippen LogP contribution < -0.4 is 14.4 Å². The summed E-state index contributed by atoms with van der Waals surface area (Å²) in [5.74, 6) is -0.643. The van der Waals surface area contributed by atoms with Crippen molar-refractivity contribution in [2.45, 2.75) is 50.6 Å². The number of hydrogen-bond acceptors (Lipinski definition) is 5. The van der Waals surface area contributed by atoms with Gasteiger partial charge in [0.1, 0.15) is 18.3 Å². The van der Waals surface area contributed by atoms with Gasteiger partial charge in [-0.05, 0) is 55.3 Å². The zero-order valence-electron chi connectivity index (χ0n) is 23.6. The zero-order valence-corrected chi connectivity index (χ0v) is 26.7. The van der Waals surface area contributed by atoms with Crippen LogP contribution in [0.2, 0.25) is 15.1 Å². The van der Waals surface area contributed by atoms with Crippen LogP contribution in [0.5, 0.6) is 5.75 Å². The van der Waals surface area contributed by atoms with Crippen LogP contribution >= 0.6 is 34.8 Å². The summed E-state index contributed by atoms with van der Waals surface area (Å²) in [6.45, 7) is 3.49. The van der Waals surface area contributed by atoms with E-state index in [1.54, 1.807) is 43.3 Å². The number of hydrogen-bond donors (Lipinski definition) is 1. The number of carbonyl (C=O) groups excluding carboxylic acids is 2. The van der Waals surface area contributed by atoms with E-state index < -0.39 is 28.5 Å². The predicted octanol–water partition coefficient (Wildman–Crippen LogP) is 6.57. The van der Waals surface area contributed by atoms with E-state index in [-0.39, 0.29) is 34.5 Å². The van der Waals surface area contributed by atoms with Gasteiger partial charge in [-0.15, -0.1) is 0 Å². The Bertz CT molecular complexity index is 1470. The van der Waals surface area contributed by atoms with Crippen LogP contribution in [-0.2, 0) is 26.2 Å². The third-order valence-corrected chi connectivity index (χ3v) is 9.43. The minimum atomic E-state index is -4.24. The van der Waals surface area contributed by atoms with E-state index in [1.807, 2.05) is 6.92 Å². The van der Waals surface area contributed by atoms with Gasteiger partial charge in [-0.2, -0.15) is 0 Å². The van der Waals surface area contributed by atoms with Crippen LogP contribution in [0.3, 0.4) is 0 Å². The molecule has 0 unspecified atom stereocenters. The Morgan fingerprint density at radius 3 is 2.17 bits per heavy atom. The van der Waals surface area contributed by atoms with Crippen molar-refractivity contribution in [3.63, 3.8) is 0 Å². The molecule has 0 saturated carbocycles. The number of nitrogens with one attached hydrogen (secondary N) is 1. The van der Waals surface area contributed by atoms with Crippen molar-refractivity contribution in [2.75, 3.05) is 24.5 Å². The van der Waals surface area contributed by atoms with Crippen molar-refractivity contribution in [2.24, 2.45) is 0 Å². The Morgan fingerprint density at radius 2 is 1.60 bits per heavy atom. The van der Waals surface area contributed by atoms with Crippen LogP contribution in [0.4, 0.5) is 5.69 Å². The molecule has 0 radical (unpaired) electrons. The summed E-state index contributed by atoms with van der Waals surface area (Å²) in [5.41, 5.74) is 0.591. The van der Waals surface area contributed by atoms with Crippen LogP contribution in [0.1, 0.15) is 38.7 Å². The maximum Gasteiger partial charge on any atom is 0.264 e. The summed E-state index contributed by atoms with van der Waals surface area (Å²) in [5, 5.41) is 3.68. The summed E-state index contributed by atoms with van der Waals surface area (Å²) in [4.78, 5) is 28.8. The van der Waals surface area contributed by atoms with Gasteiger partial charge in [0.15, 0.2) is 0 Å². The van der Waals surface area contributed by atoms with Crippen molar-refractivity contribution >= 4 is 62.3 Å². The van der Waals surface area contributed by atoms with Gasteiger partial charge in [0, 0.05) is 28.7 Å². The number of halogens is 3. The lowest BCUT2D eigenvalue weighted by molar-refractivity contribution is -0.140. The lowest BCUT2D eigenvalue weighted by Crippen LogP contribution is -2.52. The third kappa shape index (κ3) is 8.10. The molecule has 0 fully saturated rings. The van der Waals surface area contributed by atoms with Crippen molar-refractivity contribution in [1.82, 2.24) is 10.2 Å². The Kier molecular flexibility index (Phi) is 12.4. The monoisotopic (exact) mass is 653 g/mol. The summed E-state index contributed by atoms with van der Waals surface area (Å²) < 4.78 is 34.1. The number of rotatable bonds is 14. The molecule has 0 aliphatic rings. The molecule has 0 aliphatic heterocycles. The normalized spacial score (nSPS) is 12.0. The molecule has 42 heavy (non-hydrogen) atoms. The standard InChI is InChI=1S/C30H34Cl3N3O5S/c1-4-6-17-34-30(38)27(5-2)35(19-23-24(31)13-10-14-25(23)32)29(37)20-36(21-15-16-28(41-3)26(33)18-21)42(39,40)22-11-8-7-9-12-22/h7-16,18,27H,4-6,17,19-20H2,1-3H3,(H,34,38)/t27-/m1/s1. The summed E-state index contributed by atoms with van der Waals surface area (Å²) in [6, 6.07) is 16.2. The first-order valence-corrected chi connectivity index (χ1v) is 16.0. The summed E-state index contributed by atoms with van der Waals surface area (Å²) in [7, 11) is -2.80. The molecule has 3 rings (SSSR count). The molecule has 0 bridgehead atoms. The van der Waals surface area contributed by atoms with Gasteiger partial charge in [0.2, 0.25) is 11.8 Å². The van der Waals surface area contributed by atoms with E-state index in [1.165, 1.54) is 42.3 Å². The van der Waals surface area contributed by atoms with Gasteiger partial charge < -0.3 is 15.0 Å². The highest BCUT2D eigenvalue weighted by atomic mass is 35.5. The number of amides is 2. The Balaban J connectivity index is 2.10. The number of ether oxygens (including phenoxy) is 1. The van der Waals surface area contributed by atoms with Crippen LogP contribution in [0.25, 0.3) is 0 Å². The fourth-order valence-electron chi connectivity index (χ4n) is 4.34. The number of unbranched alkanes of at least 4 members (excludes halogenated alkanes) is 1. The highest BCUT2D eigenvalue weighted by Crippen LogP contribution is 2.33. The lowest BCUT2D eigenvalue weighted by atomic mass is 10.1. The van der Waals surface area contributed by atoms with E-state index in [9.17, 15) is 18.0 Å². The zero-order chi connectivity index (χ0) is 30.9. The largest absolute Gasteiger partial charge is 0.495 e. The fourth-order valence-corrected chi connectivity index (χ4v) is 6.53. The van der Waals surface area contributed by atoms with Gasteiger partial charge >= 0.3 is 0 Å². The van der Waals surface area contributed by atoms with Crippen molar-refractivity contribution < 1.29 is 22.7 Å². The number of benzene rings is 3. The fraction of sp³-hybridized carbons (Fsp3) is 0.333. The highest BCUT2D eigenvalue weighted by molar-refractivity contribution is 7.92. The molecule has 3 aromatic carbocycles. The average molecular weight is 655 g/mol. The molecule has 0 aromatic heterocycles. The van der Waals surface area contributed by atoms with Crippen LogP contribution in [0.15, 0.2) is 71.6 Å². The first-order chi connectivity index (χ1) is 20.0. The number of methoxy groups -OCH3 is 1. The van der Waals surface area contributed by atoms with Crippen molar-refractivity contribution in [3.8, 4) is 5.75 Å². The Hall–Kier alpha value is -2.98. The summed E-state index contributed by atoms with van der Waals surface area (Å²) in [6.07, 6.45) is 1.92. The minimum absolute atomic E-state index is 0.0187. The van der Waals surface area contributed by atoms with E-state index >= 15 is 0 Å². The molecule has 0 saturated heterocycles. The second-order valence-corrected chi connectivity index (χ2v) is 12.5. The van der Waals surface area contributed by atoms with E-state index in [4.69, 9.17) is 39.5 Å². The molecular weight excluding hydrogens is 621 g/mol. The second kappa shape index (κ2) is 15.5. The predicted molar refractivity (Wildman–Crippen MR) is 168 cm³/mol. The number of sulfonamides is 1. The maximum absolute atomic E-state index is 14.2. The number of anilines is 1. The topological polar surface area (TPSA) is 96.0 Å². The quantitative estimate of drug-likeness (QED) is 0.198. The molecule has 12 heteroatoms. The summed E-state index contributed by atoms with van der Waals surface area (Å²) >= 11 is 19.3. The van der Waals surface area contributed by atoms with Crippen LogP contribution in [0, 0.1) is 0 Å². The van der Waals surface area contributed by atoms with E-state index in [0.29, 0.717) is 27.9 Å². The van der Waals surface area contributed by atoms with Crippen LogP contribution in [-0.4, -0.2) is 51.4 Å². The van der Waals surface area contributed by atoms with Gasteiger partial charge in [-0.25, -0.2) is 8.42 Å². The minimum Gasteiger partial charge on any atom is -0.495 e. The van der Waals surface area contributed by atoms with Crippen molar-refractivity contribution in [1.29, 1.82) is 0 Å². The Labute approximate surface area is 262 Å². The Morgan fingerprint density at radius 1 is 0.929 bits per heavy atom. The molecule has 1 atom stereocenters. The molecule has 3 aromatic rings. The SMILES string of the molecule is CCCCNC(=O)[C@@H](CC)N(Cc1c(Cl)cccc1Cl)C(=O)CN(c1ccc(OC)c(Cl)c1)S(=O)(=O)c1ccccc1. The van der Waals surface area contributed by atoms with Gasteiger partial charge in [-0.1, -0.05) is 79.3 Å². The van der Waals surface area contributed by atoms with Gasteiger partial charge in [0.25, 0.3) is 10.0 Å². The lowest BCUT2D eigenvalue weighted by Gasteiger charge is -2.33. The third-order valence-electron chi connectivity index (χ3n) is 6.64. The van der Waals surface area contributed by atoms with E-state index in [2.05, 4.69) is 5.32 Å². The second-order valence-electron chi connectivity index (χ2n) is 9.43. The molecule has 0 heterocycles. The molecule has 2 amide bonds. The van der Waals surface area contributed by atoms with E-state index in [0.717, 1.165) is 17.1 Å². The first kappa shape index (κ1) is 33.5. The molecular formula is C30H34Cl3N3O5S. The molecule has 8 nitrogen and oxygen atoms in total. The molecule has 0 spiro atoms. The van der Waals surface area contributed by atoms with Crippen molar-refractivity contribution in [3.05, 3.63) is 87.4 Å². The smallest absolute Gasteiger partial charge is 0.264 e. The maximum atomic E-state index is 14.2. The number of nitrogens with zero attached hydrogens (tertiary/aromatic N) is 2.